The van der Waals surface area contributed by atoms with Crippen LogP contribution in [0.15, 0.2) is 0 Å². The molecule has 1 aliphatic carbocycles. The lowest BCUT2D eigenvalue weighted by atomic mass is 9.80. The third-order valence-corrected chi connectivity index (χ3v) is 3.61. The van der Waals surface area contributed by atoms with Crippen LogP contribution in [0, 0.1) is 11.8 Å². The smallest absolute Gasteiger partial charge is 0.308 e. The van der Waals surface area contributed by atoms with Gasteiger partial charge in [0.2, 0.25) is 0 Å². The van der Waals surface area contributed by atoms with Crippen molar-refractivity contribution in [3.8, 4) is 0 Å². The van der Waals surface area contributed by atoms with Crippen LogP contribution in [0.5, 0.6) is 0 Å². The van der Waals surface area contributed by atoms with E-state index < -0.39 is 0 Å². The fourth-order valence-electron chi connectivity index (χ4n) is 2.40. The van der Waals surface area contributed by atoms with Gasteiger partial charge in [0, 0.05) is 12.8 Å². The molecule has 0 N–H and O–H groups in total. The van der Waals surface area contributed by atoms with E-state index in [1.165, 1.54) is 7.11 Å². The third kappa shape index (κ3) is 3.95. The number of carbonyl (C=O) groups excluding carboxylic acids is 2. The molecule has 0 aliphatic heterocycles. The molecule has 92 valence electrons. The molecule has 0 spiro atoms. The molecule has 0 aromatic rings. The SMILES string of the molecule is CCC(=O)CCC1CCC(C(=O)OC)CC1. The molecule has 0 unspecified atom stereocenters. The first-order valence-electron chi connectivity index (χ1n) is 6.26. The van der Waals surface area contributed by atoms with Gasteiger partial charge in [-0.05, 0) is 38.0 Å². The summed E-state index contributed by atoms with van der Waals surface area (Å²) in [7, 11) is 1.45. The summed E-state index contributed by atoms with van der Waals surface area (Å²) in [6.07, 6.45) is 6.35. The molecule has 0 atom stereocenters. The van der Waals surface area contributed by atoms with Crippen molar-refractivity contribution in [1.82, 2.24) is 0 Å². The average molecular weight is 226 g/mol. The number of methoxy groups -OCH3 is 1. The van der Waals surface area contributed by atoms with Crippen LogP contribution in [0.2, 0.25) is 0 Å². The van der Waals surface area contributed by atoms with Crippen molar-refractivity contribution in [1.29, 1.82) is 0 Å². The standard InChI is InChI=1S/C13H22O3/c1-3-12(14)9-6-10-4-7-11(8-5-10)13(15)16-2/h10-11H,3-9H2,1-2H3. The molecule has 0 heterocycles. The highest BCUT2D eigenvalue weighted by Crippen LogP contribution is 2.32. The molecule has 1 saturated carbocycles. The molecular weight excluding hydrogens is 204 g/mol. The van der Waals surface area contributed by atoms with Gasteiger partial charge in [0.15, 0.2) is 0 Å². The van der Waals surface area contributed by atoms with Crippen molar-refractivity contribution in [3.05, 3.63) is 0 Å². The number of ketones is 1. The number of rotatable bonds is 5. The second-order valence-corrected chi connectivity index (χ2v) is 4.67. The summed E-state index contributed by atoms with van der Waals surface area (Å²) in [5.41, 5.74) is 0. The summed E-state index contributed by atoms with van der Waals surface area (Å²) in [5, 5.41) is 0. The molecule has 1 fully saturated rings. The first-order chi connectivity index (χ1) is 7.67. The monoisotopic (exact) mass is 226 g/mol. The molecule has 3 heteroatoms. The molecule has 16 heavy (non-hydrogen) atoms. The van der Waals surface area contributed by atoms with Crippen LogP contribution in [0.4, 0.5) is 0 Å². The Balaban J connectivity index is 2.22. The van der Waals surface area contributed by atoms with E-state index in [0.717, 1.165) is 32.1 Å². The Morgan fingerprint density at radius 2 is 1.81 bits per heavy atom. The Labute approximate surface area is 97.5 Å². The van der Waals surface area contributed by atoms with Gasteiger partial charge < -0.3 is 4.74 Å². The normalized spacial score (nSPS) is 25.1. The molecule has 1 aliphatic rings. The maximum Gasteiger partial charge on any atom is 0.308 e. The van der Waals surface area contributed by atoms with E-state index >= 15 is 0 Å². The highest BCUT2D eigenvalue weighted by atomic mass is 16.5. The quantitative estimate of drug-likeness (QED) is 0.677. The largest absolute Gasteiger partial charge is 0.469 e. The summed E-state index contributed by atoms with van der Waals surface area (Å²) in [5.74, 6) is 1.03. The van der Waals surface area contributed by atoms with Gasteiger partial charge >= 0.3 is 5.97 Å². The van der Waals surface area contributed by atoms with E-state index in [-0.39, 0.29) is 11.9 Å². The minimum atomic E-state index is -0.0666. The molecule has 0 aromatic heterocycles. The first-order valence-corrected chi connectivity index (χ1v) is 6.26. The Hall–Kier alpha value is -0.860. The van der Waals surface area contributed by atoms with Gasteiger partial charge in [-0.3, -0.25) is 9.59 Å². The molecule has 0 radical (unpaired) electrons. The molecule has 0 saturated heterocycles. The highest BCUT2D eigenvalue weighted by molar-refractivity contribution is 5.77. The van der Waals surface area contributed by atoms with Crippen LogP contribution in [0.25, 0.3) is 0 Å². The van der Waals surface area contributed by atoms with Gasteiger partial charge in [-0.1, -0.05) is 6.92 Å². The highest BCUT2D eigenvalue weighted by Gasteiger charge is 2.26. The van der Waals surface area contributed by atoms with E-state index in [2.05, 4.69) is 0 Å². The van der Waals surface area contributed by atoms with E-state index in [1.54, 1.807) is 0 Å². The zero-order valence-electron chi connectivity index (χ0n) is 10.3. The molecule has 0 amide bonds. The lowest BCUT2D eigenvalue weighted by molar-refractivity contribution is -0.146. The predicted octanol–water partition coefficient (Wildman–Crippen LogP) is 2.73. The summed E-state index contributed by atoms with van der Waals surface area (Å²) < 4.78 is 4.75. The summed E-state index contributed by atoms with van der Waals surface area (Å²) >= 11 is 0. The van der Waals surface area contributed by atoms with Crippen LogP contribution in [-0.2, 0) is 14.3 Å². The molecular formula is C13H22O3. The molecule has 3 nitrogen and oxygen atoms in total. The number of carbonyl (C=O) groups is 2. The Kier molecular flexibility index (Phi) is 5.50. The Bertz CT molecular complexity index is 240. The van der Waals surface area contributed by atoms with Crippen LogP contribution in [0.3, 0.4) is 0 Å². The maximum absolute atomic E-state index is 11.3. The van der Waals surface area contributed by atoms with Crippen molar-refractivity contribution in [2.75, 3.05) is 7.11 Å². The number of Topliss-reactive ketones (excluding diaryl/α,β-unsaturated/α-hetero) is 1. The second kappa shape index (κ2) is 6.66. The average Bonchev–Trinajstić information content (AvgIpc) is 2.35. The summed E-state index contributed by atoms with van der Waals surface area (Å²) in [4.78, 5) is 22.5. The number of esters is 1. The van der Waals surface area contributed by atoms with Crippen LogP contribution >= 0.6 is 0 Å². The van der Waals surface area contributed by atoms with Gasteiger partial charge in [-0.25, -0.2) is 0 Å². The van der Waals surface area contributed by atoms with Crippen molar-refractivity contribution in [2.24, 2.45) is 11.8 Å². The van der Waals surface area contributed by atoms with E-state index in [0.29, 0.717) is 24.5 Å². The maximum atomic E-state index is 11.3. The topological polar surface area (TPSA) is 43.4 Å². The first kappa shape index (κ1) is 13.2. The van der Waals surface area contributed by atoms with Crippen molar-refractivity contribution in [2.45, 2.75) is 51.9 Å². The van der Waals surface area contributed by atoms with Crippen molar-refractivity contribution < 1.29 is 14.3 Å². The van der Waals surface area contributed by atoms with E-state index in [1.807, 2.05) is 6.92 Å². The molecule has 0 bridgehead atoms. The zero-order chi connectivity index (χ0) is 12.0. The van der Waals surface area contributed by atoms with Gasteiger partial charge in [-0.15, -0.1) is 0 Å². The minimum Gasteiger partial charge on any atom is -0.469 e. The Morgan fingerprint density at radius 1 is 1.19 bits per heavy atom. The van der Waals surface area contributed by atoms with Gasteiger partial charge in [-0.2, -0.15) is 0 Å². The number of hydrogen-bond donors (Lipinski definition) is 0. The van der Waals surface area contributed by atoms with E-state index in [4.69, 9.17) is 4.74 Å². The fraction of sp³-hybridized carbons (Fsp3) is 0.846. The Morgan fingerprint density at radius 3 is 2.31 bits per heavy atom. The summed E-state index contributed by atoms with van der Waals surface area (Å²) in [6, 6.07) is 0. The summed E-state index contributed by atoms with van der Waals surface area (Å²) in [6.45, 7) is 1.91. The van der Waals surface area contributed by atoms with E-state index in [9.17, 15) is 9.59 Å². The fourth-order valence-corrected chi connectivity index (χ4v) is 2.40. The van der Waals surface area contributed by atoms with Crippen molar-refractivity contribution in [3.63, 3.8) is 0 Å². The predicted molar refractivity (Wildman–Crippen MR) is 62.0 cm³/mol. The number of hydrogen-bond acceptors (Lipinski definition) is 3. The molecule has 0 aromatic carbocycles. The third-order valence-electron chi connectivity index (χ3n) is 3.61. The second-order valence-electron chi connectivity index (χ2n) is 4.67. The van der Waals surface area contributed by atoms with Gasteiger partial charge in [0.05, 0.1) is 13.0 Å². The van der Waals surface area contributed by atoms with Gasteiger partial charge in [0.1, 0.15) is 5.78 Å². The van der Waals surface area contributed by atoms with Crippen LogP contribution in [0.1, 0.15) is 51.9 Å². The number of ether oxygens (including phenoxy) is 1. The van der Waals surface area contributed by atoms with Crippen molar-refractivity contribution >= 4 is 11.8 Å². The lowest BCUT2D eigenvalue weighted by Gasteiger charge is -2.26. The molecule has 1 rings (SSSR count). The zero-order valence-corrected chi connectivity index (χ0v) is 10.3. The van der Waals surface area contributed by atoms with Crippen LogP contribution in [-0.4, -0.2) is 18.9 Å². The lowest BCUT2D eigenvalue weighted by Crippen LogP contribution is -2.23. The van der Waals surface area contributed by atoms with Crippen LogP contribution < -0.4 is 0 Å². The minimum absolute atomic E-state index is 0.0666. The van der Waals surface area contributed by atoms with Gasteiger partial charge in [0.25, 0.3) is 0 Å².